The molecule has 0 saturated carbocycles. The maximum absolute atomic E-state index is 15.0. The zero-order valence-electron chi connectivity index (χ0n) is 25.3. The number of methoxy groups -OCH3 is 2. The molecular formula is C33H33ClN2O8S. The number of amides is 2. The van der Waals surface area contributed by atoms with Crippen molar-refractivity contribution >= 4 is 46.7 Å². The van der Waals surface area contributed by atoms with E-state index in [-0.39, 0.29) is 26.2 Å². The van der Waals surface area contributed by atoms with E-state index in [9.17, 15) is 19.2 Å². The number of fused-ring (bicyclic) bond motifs is 3. The highest BCUT2D eigenvalue weighted by Crippen LogP contribution is 2.48. The molecule has 236 valence electrons. The molecule has 0 N–H and O–H groups in total. The van der Waals surface area contributed by atoms with Gasteiger partial charge in [-0.2, -0.15) is 0 Å². The van der Waals surface area contributed by atoms with E-state index < -0.39 is 41.4 Å². The Bertz CT molecular complexity index is 1630. The Kier molecular flexibility index (Phi) is 9.50. The summed E-state index contributed by atoms with van der Waals surface area (Å²) in [5.41, 5.74) is -0.296. The molecule has 3 aromatic rings. The molecule has 2 amide bonds. The van der Waals surface area contributed by atoms with Gasteiger partial charge in [-0.05, 0) is 49.2 Å². The van der Waals surface area contributed by atoms with E-state index in [1.54, 1.807) is 74.5 Å². The molecule has 10 nitrogen and oxygen atoms in total. The number of halogens is 1. The van der Waals surface area contributed by atoms with Gasteiger partial charge in [0.15, 0.2) is 0 Å². The minimum Gasteiger partial charge on any atom is -0.497 e. The molecule has 0 unspecified atom stereocenters. The number of nitrogens with zero attached hydrogens (tertiary/aromatic N) is 2. The first-order chi connectivity index (χ1) is 21.7. The summed E-state index contributed by atoms with van der Waals surface area (Å²) >= 11 is 7.31. The zero-order chi connectivity index (χ0) is 32.3. The van der Waals surface area contributed by atoms with Crippen LogP contribution in [0.2, 0.25) is 4.34 Å². The predicted molar refractivity (Wildman–Crippen MR) is 167 cm³/mol. The molecule has 0 radical (unpaired) electrons. The highest BCUT2D eigenvalue weighted by atomic mass is 35.5. The second-order valence-electron chi connectivity index (χ2n) is 10.3. The second kappa shape index (κ2) is 13.3. The van der Waals surface area contributed by atoms with Gasteiger partial charge >= 0.3 is 11.9 Å². The lowest BCUT2D eigenvalue weighted by molar-refractivity contribution is -0.184. The molecule has 1 aromatic heterocycles. The van der Waals surface area contributed by atoms with Crippen molar-refractivity contribution in [1.29, 1.82) is 0 Å². The molecule has 2 aromatic carbocycles. The van der Waals surface area contributed by atoms with Crippen LogP contribution in [0.5, 0.6) is 11.5 Å². The Labute approximate surface area is 270 Å². The van der Waals surface area contributed by atoms with Crippen molar-refractivity contribution in [2.75, 3.05) is 27.4 Å². The van der Waals surface area contributed by atoms with Gasteiger partial charge in [0.05, 0.1) is 49.2 Å². The average Bonchev–Trinajstić information content (AvgIpc) is 3.49. The van der Waals surface area contributed by atoms with Crippen molar-refractivity contribution in [3.05, 3.63) is 92.7 Å². The van der Waals surface area contributed by atoms with Gasteiger partial charge in [-0.1, -0.05) is 48.0 Å². The fourth-order valence-corrected chi connectivity index (χ4v) is 6.92. The molecule has 5 rings (SSSR count). The number of carbonyl (C=O) groups excluding carboxylic acids is 4. The van der Waals surface area contributed by atoms with Crippen LogP contribution in [0.1, 0.15) is 58.7 Å². The highest BCUT2D eigenvalue weighted by Gasteiger charge is 2.61. The number of rotatable bonds is 10. The van der Waals surface area contributed by atoms with E-state index in [1.807, 2.05) is 6.07 Å². The Hall–Kier alpha value is -4.35. The number of thiophene rings is 1. The van der Waals surface area contributed by atoms with Gasteiger partial charge in [0.2, 0.25) is 5.54 Å². The molecule has 2 aliphatic heterocycles. The van der Waals surface area contributed by atoms with Crippen LogP contribution in [0.15, 0.2) is 66.7 Å². The van der Waals surface area contributed by atoms with Crippen LogP contribution in [0.4, 0.5) is 0 Å². The van der Waals surface area contributed by atoms with Gasteiger partial charge in [0.25, 0.3) is 11.8 Å². The lowest BCUT2D eigenvalue weighted by Crippen LogP contribution is -2.67. The Morgan fingerprint density at radius 1 is 0.978 bits per heavy atom. The monoisotopic (exact) mass is 652 g/mol. The van der Waals surface area contributed by atoms with E-state index in [2.05, 4.69) is 0 Å². The van der Waals surface area contributed by atoms with Crippen molar-refractivity contribution in [2.45, 2.75) is 44.4 Å². The lowest BCUT2D eigenvalue weighted by atomic mass is 9.78. The van der Waals surface area contributed by atoms with E-state index in [0.29, 0.717) is 37.4 Å². The van der Waals surface area contributed by atoms with Crippen LogP contribution in [-0.2, 0) is 30.4 Å². The minimum atomic E-state index is -2.10. The SMILES string of the molecule is CCOC(=O)C1(C(=O)OCC)CC=C[C@@H]2c3ccccc3[C@H](N(Cc3ccc(OC)cc3OC)C(=O)c3ccc(Cl)s3)C(=O)N21. The third-order valence-corrected chi connectivity index (χ3v) is 9.14. The van der Waals surface area contributed by atoms with Crippen LogP contribution in [-0.4, -0.2) is 66.5 Å². The zero-order valence-corrected chi connectivity index (χ0v) is 26.9. The van der Waals surface area contributed by atoms with Gasteiger partial charge in [-0.15, -0.1) is 11.3 Å². The summed E-state index contributed by atoms with van der Waals surface area (Å²) in [6.45, 7) is 3.15. The largest absolute Gasteiger partial charge is 0.497 e. The highest BCUT2D eigenvalue weighted by molar-refractivity contribution is 7.18. The predicted octanol–water partition coefficient (Wildman–Crippen LogP) is 5.51. The summed E-state index contributed by atoms with van der Waals surface area (Å²) in [5, 5.41) is 0. The Balaban J connectivity index is 1.73. The quantitative estimate of drug-likeness (QED) is 0.160. The third kappa shape index (κ3) is 5.66. The minimum absolute atomic E-state index is 0.0164. The maximum Gasteiger partial charge on any atom is 0.344 e. The third-order valence-electron chi connectivity index (χ3n) is 7.92. The smallest absolute Gasteiger partial charge is 0.344 e. The normalized spacial score (nSPS) is 18.0. The summed E-state index contributed by atoms with van der Waals surface area (Å²) in [6, 6.07) is 13.5. The van der Waals surface area contributed by atoms with Crippen molar-refractivity contribution in [2.24, 2.45) is 0 Å². The first-order valence-electron chi connectivity index (χ1n) is 14.4. The summed E-state index contributed by atoms with van der Waals surface area (Å²) in [7, 11) is 3.04. The molecule has 0 bridgehead atoms. The molecule has 2 atom stereocenters. The number of ether oxygens (including phenoxy) is 4. The van der Waals surface area contributed by atoms with Crippen LogP contribution >= 0.6 is 22.9 Å². The lowest BCUT2D eigenvalue weighted by Gasteiger charge is -2.51. The number of benzene rings is 2. The molecule has 0 spiro atoms. The van der Waals surface area contributed by atoms with E-state index in [0.717, 1.165) is 11.3 Å². The number of hydrogen-bond donors (Lipinski definition) is 0. The van der Waals surface area contributed by atoms with Gasteiger partial charge in [-0.3, -0.25) is 9.59 Å². The molecule has 0 fully saturated rings. The molecule has 0 aliphatic carbocycles. The topological polar surface area (TPSA) is 112 Å². The van der Waals surface area contributed by atoms with Gasteiger partial charge in [0, 0.05) is 18.1 Å². The van der Waals surface area contributed by atoms with Crippen molar-refractivity contribution in [3.63, 3.8) is 0 Å². The van der Waals surface area contributed by atoms with Crippen LogP contribution < -0.4 is 9.47 Å². The molecule has 12 heteroatoms. The van der Waals surface area contributed by atoms with Crippen LogP contribution in [0, 0.1) is 0 Å². The summed E-state index contributed by atoms with van der Waals surface area (Å²) in [4.78, 5) is 59.8. The molecule has 2 aliphatic rings. The van der Waals surface area contributed by atoms with Gasteiger partial charge < -0.3 is 28.7 Å². The Morgan fingerprint density at radius 2 is 1.67 bits per heavy atom. The van der Waals surface area contributed by atoms with E-state index >= 15 is 0 Å². The first kappa shape index (κ1) is 32.1. The molecule has 0 saturated heterocycles. The number of hydrogen-bond acceptors (Lipinski definition) is 9. The van der Waals surface area contributed by atoms with Crippen molar-refractivity contribution < 1.29 is 38.1 Å². The second-order valence-corrected chi connectivity index (χ2v) is 12.0. The van der Waals surface area contributed by atoms with Gasteiger partial charge in [-0.25, -0.2) is 9.59 Å². The van der Waals surface area contributed by atoms with Crippen molar-refractivity contribution in [1.82, 2.24) is 9.80 Å². The van der Waals surface area contributed by atoms with E-state index in [4.69, 9.17) is 30.5 Å². The fraction of sp³-hybridized carbons (Fsp3) is 0.333. The standard InChI is InChI=1S/C33H33ClN2O8S/c1-5-43-31(39)33(32(40)44-6-2)17-9-12-24-22-10-7-8-11-23(22)28(30(38)36(24)33)35(29(37)26-15-16-27(34)45-26)19-20-13-14-21(41-3)18-25(20)42-4/h7-16,18,24,28H,5-6,17,19H2,1-4H3/t24-,28+/m1/s1. The van der Waals surface area contributed by atoms with Crippen LogP contribution in [0.25, 0.3) is 0 Å². The average molecular weight is 653 g/mol. The molecule has 45 heavy (non-hydrogen) atoms. The first-order valence-corrected chi connectivity index (χ1v) is 15.6. The fourth-order valence-electron chi connectivity index (χ4n) is 5.92. The summed E-state index contributed by atoms with van der Waals surface area (Å²) in [5.74, 6) is -1.91. The summed E-state index contributed by atoms with van der Waals surface area (Å²) < 4.78 is 22.2. The number of carbonyl (C=O) groups is 4. The number of esters is 2. The molecule has 3 heterocycles. The van der Waals surface area contributed by atoms with Gasteiger partial charge in [0.1, 0.15) is 17.5 Å². The van der Waals surface area contributed by atoms with E-state index in [1.165, 1.54) is 24.0 Å². The maximum atomic E-state index is 15.0. The summed E-state index contributed by atoms with van der Waals surface area (Å²) in [6.07, 6.45) is 3.32. The molecular weight excluding hydrogens is 620 g/mol. The van der Waals surface area contributed by atoms with Crippen molar-refractivity contribution in [3.8, 4) is 11.5 Å². The Morgan fingerprint density at radius 3 is 2.27 bits per heavy atom. The van der Waals surface area contributed by atoms with Crippen LogP contribution in [0.3, 0.4) is 0 Å².